The number of hydrogen-bond donors (Lipinski definition) is 1. The Bertz CT molecular complexity index is 290. The van der Waals surface area contributed by atoms with Crippen molar-refractivity contribution in [2.45, 2.75) is 26.8 Å². The van der Waals surface area contributed by atoms with Crippen LogP contribution in [0.25, 0.3) is 0 Å². The van der Waals surface area contributed by atoms with E-state index in [0.717, 1.165) is 45.1 Å². The van der Waals surface area contributed by atoms with Crippen molar-refractivity contribution in [2.24, 2.45) is 0 Å². The molecule has 0 spiro atoms. The Morgan fingerprint density at radius 3 is 2.39 bits per heavy atom. The molecule has 0 amide bonds. The van der Waals surface area contributed by atoms with Crippen molar-refractivity contribution in [3.8, 4) is 5.75 Å². The standard InChI is InChI=1S/C14H23NO2.ClH/c1-3-16-11-5-10-15-12-13-6-8-14(9-7-13)17-4-2;/h6-9,15H,3-5,10-12H2,1-2H3;1H. The largest absolute Gasteiger partial charge is 0.494 e. The summed E-state index contributed by atoms with van der Waals surface area (Å²) in [6, 6.07) is 8.22. The average molecular weight is 274 g/mol. The molecule has 1 aromatic rings. The molecule has 0 atom stereocenters. The number of rotatable bonds is 9. The van der Waals surface area contributed by atoms with Crippen molar-refractivity contribution in [3.05, 3.63) is 29.8 Å². The number of nitrogens with one attached hydrogen (secondary N) is 1. The maximum atomic E-state index is 5.39. The van der Waals surface area contributed by atoms with E-state index in [0.29, 0.717) is 0 Å². The lowest BCUT2D eigenvalue weighted by Gasteiger charge is -2.07. The van der Waals surface area contributed by atoms with Gasteiger partial charge < -0.3 is 14.8 Å². The molecule has 0 aliphatic rings. The van der Waals surface area contributed by atoms with Crippen molar-refractivity contribution in [3.63, 3.8) is 0 Å². The predicted octanol–water partition coefficient (Wildman–Crippen LogP) is 3.02. The molecule has 0 aliphatic carbocycles. The Kier molecular flexibility index (Phi) is 10.8. The molecule has 1 rings (SSSR count). The van der Waals surface area contributed by atoms with Crippen molar-refractivity contribution in [2.75, 3.05) is 26.4 Å². The third kappa shape index (κ3) is 7.54. The summed E-state index contributed by atoms with van der Waals surface area (Å²) in [5.74, 6) is 0.938. The van der Waals surface area contributed by atoms with Crippen molar-refractivity contribution < 1.29 is 9.47 Å². The summed E-state index contributed by atoms with van der Waals surface area (Å²) in [5, 5.41) is 3.39. The normalized spacial score (nSPS) is 9.89. The monoisotopic (exact) mass is 273 g/mol. The van der Waals surface area contributed by atoms with E-state index in [4.69, 9.17) is 9.47 Å². The SMILES string of the molecule is CCOCCCNCc1ccc(OCC)cc1.Cl. The molecule has 4 heteroatoms. The highest BCUT2D eigenvalue weighted by molar-refractivity contribution is 5.85. The molecule has 0 saturated heterocycles. The highest BCUT2D eigenvalue weighted by Crippen LogP contribution is 2.11. The van der Waals surface area contributed by atoms with Crippen molar-refractivity contribution in [1.82, 2.24) is 5.32 Å². The molecule has 0 saturated carbocycles. The van der Waals surface area contributed by atoms with E-state index in [1.807, 2.05) is 26.0 Å². The molecule has 3 nitrogen and oxygen atoms in total. The molecule has 0 aliphatic heterocycles. The number of halogens is 1. The van der Waals surface area contributed by atoms with Crippen LogP contribution >= 0.6 is 12.4 Å². The van der Waals surface area contributed by atoms with E-state index >= 15 is 0 Å². The molecule has 0 radical (unpaired) electrons. The summed E-state index contributed by atoms with van der Waals surface area (Å²) in [6.07, 6.45) is 1.06. The molecular formula is C14H24ClNO2. The van der Waals surface area contributed by atoms with E-state index in [9.17, 15) is 0 Å². The second kappa shape index (κ2) is 11.3. The highest BCUT2D eigenvalue weighted by Gasteiger charge is 1.94. The molecule has 1 N–H and O–H groups in total. The second-order valence-corrected chi connectivity index (χ2v) is 3.80. The Labute approximate surface area is 116 Å². The van der Waals surface area contributed by atoms with Crippen LogP contribution in [0.2, 0.25) is 0 Å². The van der Waals surface area contributed by atoms with Crippen LogP contribution in [0, 0.1) is 0 Å². The first-order chi connectivity index (χ1) is 8.36. The highest BCUT2D eigenvalue weighted by atomic mass is 35.5. The first kappa shape index (κ1) is 17.2. The van der Waals surface area contributed by atoms with Crippen LogP contribution in [0.1, 0.15) is 25.8 Å². The van der Waals surface area contributed by atoms with E-state index in [2.05, 4.69) is 17.4 Å². The molecule has 0 heterocycles. The van der Waals surface area contributed by atoms with Gasteiger partial charge in [-0.15, -0.1) is 12.4 Å². The van der Waals surface area contributed by atoms with Crippen LogP contribution in [-0.4, -0.2) is 26.4 Å². The molecule has 104 valence electrons. The summed E-state index contributed by atoms with van der Waals surface area (Å²) in [4.78, 5) is 0. The molecule has 0 aromatic heterocycles. The fourth-order valence-corrected chi connectivity index (χ4v) is 1.55. The summed E-state index contributed by atoms with van der Waals surface area (Å²) in [7, 11) is 0. The Morgan fingerprint density at radius 1 is 1.06 bits per heavy atom. The maximum Gasteiger partial charge on any atom is 0.119 e. The predicted molar refractivity (Wildman–Crippen MR) is 77.7 cm³/mol. The van der Waals surface area contributed by atoms with Gasteiger partial charge in [-0.05, 0) is 44.5 Å². The van der Waals surface area contributed by atoms with Crippen LogP contribution < -0.4 is 10.1 Å². The zero-order valence-corrected chi connectivity index (χ0v) is 12.1. The quantitative estimate of drug-likeness (QED) is 0.702. The minimum absolute atomic E-state index is 0. The van der Waals surface area contributed by atoms with Gasteiger partial charge in [0.05, 0.1) is 6.61 Å². The Morgan fingerprint density at radius 2 is 1.78 bits per heavy atom. The molecular weight excluding hydrogens is 250 g/mol. The lowest BCUT2D eigenvalue weighted by Crippen LogP contribution is -2.16. The Hall–Kier alpha value is -0.770. The van der Waals surface area contributed by atoms with E-state index in [1.165, 1.54) is 5.56 Å². The van der Waals surface area contributed by atoms with Gasteiger partial charge in [-0.25, -0.2) is 0 Å². The van der Waals surface area contributed by atoms with Gasteiger partial charge in [0.15, 0.2) is 0 Å². The fraction of sp³-hybridized carbons (Fsp3) is 0.571. The summed E-state index contributed by atoms with van der Waals surface area (Å²) >= 11 is 0. The van der Waals surface area contributed by atoms with Gasteiger partial charge in [0, 0.05) is 19.8 Å². The van der Waals surface area contributed by atoms with Crippen LogP contribution in [0.4, 0.5) is 0 Å². The first-order valence-electron chi connectivity index (χ1n) is 6.37. The van der Waals surface area contributed by atoms with E-state index in [-0.39, 0.29) is 12.4 Å². The van der Waals surface area contributed by atoms with Crippen LogP contribution in [0.15, 0.2) is 24.3 Å². The average Bonchev–Trinajstić information content (AvgIpc) is 2.36. The van der Waals surface area contributed by atoms with Crippen LogP contribution in [-0.2, 0) is 11.3 Å². The first-order valence-corrected chi connectivity index (χ1v) is 6.37. The topological polar surface area (TPSA) is 30.5 Å². The third-order valence-electron chi connectivity index (χ3n) is 2.41. The van der Waals surface area contributed by atoms with E-state index in [1.54, 1.807) is 0 Å². The minimum Gasteiger partial charge on any atom is -0.494 e. The van der Waals surface area contributed by atoms with Gasteiger partial charge in [0.2, 0.25) is 0 Å². The van der Waals surface area contributed by atoms with Gasteiger partial charge in [-0.2, -0.15) is 0 Å². The van der Waals surface area contributed by atoms with Gasteiger partial charge in [-0.1, -0.05) is 12.1 Å². The Balaban J connectivity index is 0.00000289. The van der Waals surface area contributed by atoms with Crippen LogP contribution in [0.3, 0.4) is 0 Å². The maximum absolute atomic E-state index is 5.39. The summed E-state index contributed by atoms with van der Waals surface area (Å²) < 4.78 is 10.7. The molecule has 0 fully saturated rings. The number of hydrogen-bond acceptors (Lipinski definition) is 3. The number of ether oxygens (including phenoxy) is 2. The molecule has 1 aromatic carbocycles. The van der Waals surface area contributed by atoms with Gasteiger partial charge in [0.25, 0.3) is 0 Å². The van der Waals surface area contributed by atoms with Crippen LogP contribution in [0.5, 0.6) is 5.75 Å². The van der Waals surface area contributed by atoms with Crippen molar-refractivity contribution >= 4 is 12.4 Å². The molecule has 0 bridgehead atoms. The summed E-state index contributed by atoms with van der Waals surface area (Å²) in [5.41, 5.74) is 1.28. The lowest BCUT2D eigenvalue weighted by molar-refractivity contribution is 0.144. The van der Waals surface area contributed by atoms with E-state index < -0.39 is 0 Å². The zero-order valence-electron chi connectivity index (χ0n) is 11.3. The lowest BCUT2D eigenvalue weighted by atomic mass is 10.2. The second-order valence-electron chi connectivity index (χ2n) is 3.80. The third-order valence-corrected chi connectivity index (χ3v) is 2.41. The van der Waals surface area contributed by atoms with Crippen molar-refractivity contribution in [1.29, 1.82) is 0 Å². The smallest absolute Gasteiger partial charge is 0.119 e. The zero-order chi connectivity index (χ0) is 12.3. The summed E-state index contributed by atoms with van der Waals surface area (Å²) in [6.45, 7) is 8.27. The van der Waals surface area contributed by atoms with Gasteiger partial charge in [0.1, 0.15) is 5.75 Å². The van der Waals surface area contributed by atoms with Gasteiger partial charge in [-0.3, -0.25) is 0 Å². The number of benzene rings is 1. The van der Waals surface area contributed by atoms with Gasteiger partial charge >= 0.3 is 0 Å². The molecule has 18 heavy (non-hydrogen) atoms. The fourth-order valence-electron chi connectivity index (χ4n) is 1.55. The molecule has 0 unspecified atom stereocenters. The minimum atomic E-state index is 0.